The fraction of sp³-hybridized carbons (Fsp3) is 0.312. The molecule has 1 heterocycles. The molecule has 23 heavy (non-hydrogen) atoms. The van der Waals surface area contributed by atoms with Crippen molar-refractivity contribution in [1.82, 2.24) is 9.97 Å². The van der Waals surface area contributed by atoms with E-state index in [-0.39, 0.29) is 11.9 Å². The Labute approximate surface area is 135 Å². The third-order valence-corrected chi connectivity index (χ3v) is 3.27. The molecule has 122 valence electrons. The molecular weight excluding hydrogens is 296 g/mol. The average Bonchev–Trinajstić information content (AvgIpc) is 2.59. The summed E-state index contributed by atoms with van der Waals surface area (Å²) in [6.07, 6.45) is 0. The van der Waals surface area contributed by atoms with Gasteiger partial charge in [0.15, 0.2) is 0 Å². The van der Waals surface area contributed by atoms with Crippen LogP contribution in [0.3, 0.4) is 0 Å². The molecule has 1 aromatic heterocycles. The lowest BCUT2D eigenvalue weighted by Gasteiger charge is -2.19. The van der Waals surface area contributed by atoms with Gasteiger partial charge in [0.2, 0.25) is 11.8 Å². The van der Waals surface area contributed by atoms with Crippen molar-refractivity contribution in [2.45, 2.75) is 0 Å². The molecule has 0 aliphatic rings. The van der Waals surface area contributed by atoms with Crippen LogP contribution in [-0.2, 0) is 0 Å². The zero-order valence-corrected chi connectivity index (χ0v) is 13.9. The molecule has 2 rings (SSSR count). The molecule has 1 amide bonds. The van der Waals surface area contributed by atoms with Crippen LogP contribution in [0.2, 0.25) is 0 Å². The van der Waals surface area contributed by atoms with Gasteiger partial charge in [-0.2, -0.15) is 9.97 Å². The Morgan fingerprint density at radius 1 is 1.04 bits per heavy atom. The van der Waals surface area contributed by atoms with Crippen LogP contribution in [0.1, 0.15) is 10.4 Å². The molecule has 2 aromatic rings. The normalized spacial score (nSPS) is 10.1. The summed E-state index contributed by atoms with van der Waals surface area (Å²) in [7, 11) is 8.41. The minimum absolute atomic E-state index is 0.234. The number of carbonyl (C=O) groups excluding carboxylic acids is 1. The van der Waals surface area contributed by atoms with E-state index in [1.807, 2.05) is 19.0 Å². The predicted octanol–water partition coefficient (Wildman–Crippen LogP) is 1.84. The van der Waals surface area contributed by atoms with E-state index in [4.69, 9.17) is 9.47 Å². The van der Waals surface area contributed by atoms with Crippen molar-refractivity contribution in [2.24, 2.45) is 0 Å². The molecule has 0 radical (unpaired) electrons. The summed E-state index contributed by atoms with van der Waals surface area (Å²) in [5.74, 6) is 1.69. The maximum atomic E-state index is 12.6. The van der Waals surface area contributed by atoms with Gasteiger partial charge in [-0.05, 0) is 18.2 Å². The number of ether oxygens (including phenoxy) is 2. The van der Waals surface area contributed by atoms with Crippen LogP contribution in [0, 0.1) is 0 Å². The highest BCUT2D eigenvalue weighted by Crippen LogP contribution is 2.21. The summed E-state index contributed by atoms with van der Waals surface area (Å²) in [6.45, 7) is 0. The molecule has 0 aliphatic heterocycles. The summed E-state index contributed by atoms with van der Waals surface area (Å²) < 4.78 is 10.3. The quantitative estimate of drug-likeness (QED) is 0.838. The van der Waals surface area contributed by atoms with Crippen molar-refractivity contribution in [2.75, 3.05) is 45.2 Å². The number of nitrogens with zero attached hydrogens (tertiary/aromatic N) is 4. The number of amides is 1. The third-order valence-electron chi connectivity index (χ3n) is 3.27. The molecule has 0 bridgehead atoms. The van der Waals surface area contributed by atoms with E-state index in [0.717, 1.165) is 0 Å². The summed E-state index contributed by atoms with van der Waals surface area (Å²) >= 11 is 0. The molecule has 0 saturated heterocycles. The fourth-order valence-corrected chi connectivity index (χ4v) is 1.93. The Morgan fingerprint density at radius 2 is 1.78 bits per heavy atom. The monoisotopic (exact) mass is 316 g/mol. The van der Waals surface area contributed by atoms with Crippen molar-refractivity contribution >= 4 is 17.7 Å². The number of hydrogen-bond donors (Lipinski definition) is 0. The van der Waals surface area contributed by atoms with E-state index < -0.39 is 0 Å². The lowest BCUT2D eigenvalue weighted by atomic mass is 10.2. The SMILES string of the molecule is COc1cccc(C(=O)N(C)c2nc(OC)cc(N(C)C)n2)c1. The van der Waals surface area contributed by atoms with Gasteiger partial charge >= 0.3 is 0 Å². The second kappa shape index (κ2) is 6.95. The predicted molar refractivity (Wildman–Crippen MR) is 88.6 cm³/mol. The third kappa shape index (κ3) is 3.68. The number of hydrogen-bond acceptors (Lipinski definition) is 6. The zero-order chi connectivity index (χ0) is 17.0. The van der Waals surface area contributed by atoms with Gasteiger partial charge in [0.05, 0.1) is 14.2 Å². The van der Waals surface area contributed by atoms with Crippen molar-refractivity contribution in [3.8, 4) is 11.6 Å². The van der Waals surface area contributed by atoms with Gasteiger partial charge in [-0.15, -0.1) is 0 Å². The zero-order valence-electron chi connectivity index (χ0n) is 13.9. The average molecular weight is 316 g/mol. The van der Waals surface area contributed by atoms with Crippen LogP contribution >= 0.6 is 0 Å². The van der Waals surface area contributed by atoms with Crippen LogP contribution in [-0.4, -0.2) is 51.2 Å². The van der Waals surface area contributed by atoms with Crippen LogP contribution in [0.5, 0.6) is 11.6 Å². The first-order chi connectivity index (χ1) is 11.0. The highest BCUT2D eigenvalue weighted by molar-refractivity contribution is 6.05. The Balaban J connectivity index is 2.36. The molecule has 0 atom stereocenters. The largest absolute Gasteiger partial charge is 0.497 e. The number of methoxy groups -OCH3 is 2. The van der Waals surface area contributed by atoms with Crippen molar-refractivity contribution in [3.63, 3.8) is 0 Å². The molecule has 0 unspecified atom stereocenters. The van der Waals surface area contributed by atoms with Crippen LogP contribution in [0.4, 0.5) is 11.8 Å². The highest BCUT2D eigenvalue weighted by atomic mass is 16.5. The summed E-state index contributed by atoms with van der Waals surface area (Å²) in [5, 5.41) is 0. The maximum Gasteiger partial charge on any atom is 0.260 e. The summed E-state index contributed by atoms with van der Waals surface area (Å²) in [6, 6.07) is 8.63. The van der Waals surface area contributed by atoms with Gasteiger partial charge in [-0.3, -0.25) is 9.69 Å². The van der Waals surface area contributed by atoms with E-state index in [0.29, 0.717) is 23.0 Å². The summed E-state index contributed by atoms with van der Waals surface area (Å²) in [5.41, 5.74) is 0.490. The number of benzene rings is 1. The van der Waals surface area contributed by atoms with Crippen molar-refractivity contribution < 1.29 is 14.3 Å². The number of carbonyl (C=O) groups is 1. The fourth-order valence-electron chi connectivity index (χ4n) is 1.93. The first kappa shape index (κ1) is 16.5. The van der Waals surface area contributed by atoms with Crippen molar-refractivity contribution in [3.05, 3.63) is 35.9 Å². The second-order valence-corrected chi connectivity index (χ2v) is 5.06. The Bertz CT molecular complexity index is 703. The minimum Gasteiger partial charge on any atom is -0.497 e. The molecule has 7 nitrogen and oxygen atoms in total. The van der Waals surface area contributed by atoms with Gasteiger partial charge < -0.3 is 14.4 Å². The lowest BCUT2D eigenvalue weighted by Crippen LogP contribution is -2.28. The molecule has 7 heteroatoms. The number of aromatic nitrogens is 2. The molecule has 0 saturated carbocycles. The standard InChI is InChI=1S/C16H20N4O3/c1-19(2)13-10-14(23-5)18-16(17-13)20(3)15(21)11-7-6-8-12(9-11)22-4/h6-10H,1-5H3. The van der Waals surface area contributed by atoms with Gasteiger partial charge in [0.25, 0.3) is 5.91 Å². The Kier molecular flexibility index (Phi) is 5.00. The smallest absolute Gasteiger partial charge is 0.260 e. The van der Waals surface area contributed by atoms with E-state index in [1.165, 1.54) is 12.0 Å². The maximum absolute atomic E-state index is 12.6. The number of rotatable bonds is 5. The van der Waals surface area contributed by atoms with Gasteiger partial charge in [0, 0.05) is 32.8 Å². The Hall–Kier alpha value is -2.83. The minimum atomic E-state index is -0.234. The van der Waals surface area contributed by atoms with E-state index in [2.05, 4.69) is 9.97 Å². The van der Waals surface area contributed by atoms with Crippen LogP contribution in [0.15, 0.2) is 30.3 Å². The van der Waals surface area contributed by atoms with Gasteiger partial charge in [-0.1, -0.05) is 6.07 Å². The summed E-state index contributed by atoms with van der Waals surface area (Å²) in [4.78, 5) is 24.4. The first-order valence-corrected chi connectivity index (χ1v) is 6.98. The molecule has 0 N–H and O–H groups in total. The van der Waals surface area contributed by atoms with Crippen molar-refractivity contribution in [1.29, 1.82) is 0 Å². The van der Waals surface area contributed by atoms with E-state index >= 15 is 0 Å². The van der Waals surface area contributed by atoms with Crippen LogP contribution < -0.4 is 19.3 Å². The topological polar surface area (TPSA) is 67.8 Å². The highest BCUT2D eigenvalue weighted by Gasteiger charge is 2.18. The molecular formula is C16H20N4O3. The lowest BCUT2D eigenvalue weighted by molar-refractivity contribution is 0.0991. The van der Waals surface area contributed by atoms with E-state index in [1.54, 1.807) is 44.5 Å². The van der Waals surface area contributed by atoms with Gasteiger partial charge in [0.1, 0.15) is 11.6 Å². The number of anilines is 2. The van der Waals surface area contributed by atoms with Crippen LogP contribution in [0.25, 0.3) is 0 Å². The molecule has 1 aromatic carbocycles. The molecule has 0 fully saturated rings. The van der Waals surface area contributed by atoms with Gasteiger partial charge in [-0.25, -0.2) is 0 Å². The van der Waals surface area contributed by atoms with E-state index in [9.17, 15) is 4.79 Å². The molecule has 0 aliphatic carbocycles. The second-order valence-electron chi connectivity index (χ2n) is 5.06. The first-order valence-electron chi connectivity index (χ1n) is 6.98. The Morgan fingerprint density at radius 3 is 2.39 bits per heavy atom. The molecule has 0 spiro atoms.